The summed E-state index contributed by atoms with van der Waals surface area (Å²) in [6, 6.07) is 0. The molecule has 0 fully saturated rings. The molecule has 0 aromatic heterocycles. The minimum Gasteiger partial charge on any atom is -0.376 e. The van der Waals surface area contributed by atoms with Crippen molar-refractivity contribution >= 4 is 0 Å². The monoisotopic (exact) mass is 255 g/mol. The van der Waals surface area contributed by atoms with E-state index in [4.69, 9.17) is 4.74 Å². The van der Waals surface area contributed by atoms with Gasteiger partial charge in [-0.05, 0) is 19.3 Å². The molecule has 18 heavy (non-hydrogen) atoms. The quantitative estimate of drug-likeness (QED) is 0.339. The molecule has 0 heterocycles. The van der Waals surface area contributed by atoms with E-state index in [1.807, 2.05) is 6.92 Å². The molecule has 0 N–H and O–H groups in total. The van der Waals surface area contributed by atoms with Crippen LogP contribution in [0.3, 0.4) is 0 Å². The number of hydrogen-bond acceptors (Lipinski definition) is 1. The molecule has 0 aromatic carbocycles. The van der Waals surface area contributed by atoms with Gasteiger partial charge in [-0.25, -0.2) is 0 Å². The molecule has 1 heteroatoms. The van der Waals surface area contributed by atoms with Crippen LogP contribution in [-0.4, -0.2) is 6.61 Å². The van der Waals surface area contributed by atoms with E-state index < -0.39 is 0 Å². The van der Waals surface area contributed by atoms with Crippen molar-refractivity contribution in [2.24, 2.45) is 5.92 Å². The average molecular weight is 255 g/mol. The zero-order valence-electron chi connectivity index (χ0n) is 13.0. The first-order valence-electron chi connectivity index (χ1n) is 8.16. The molecule has 0 bridgehead atoms. The normalized spacial score (nSPS) is 11.3. The summed E-state index contributed by atoms with van der Waals surface area (Å²) in [5.41, 5.74) is 0. The molecule has 0 aliphatic rings. The summed E-state index contributed by atoms with van der Waals surface area (Å²) in [4.78, 5) is 0. The number of ether oxygens (including phenoxy) is 1. The highest BCUT2D eigenvalue weighted by Crippen LogP contribution is 2.13. The van der Waals surface area contributed by atoms with E-state index >= 15 is 0 Å². The summed E-state index contributed by atoms with van der Waals surface area (Å²) < 4.78 is 5.21. The van der Waals surface area contributed by atoms with Gasteiger partial charge in [-0.3, -0.25) is 0 Å². The Bertz CT molecular complexity index is 143. The molecule has 0 aliphatic heterocycles. The van der Waals surface area contributed by atoms with Gasteiger partial charge in [0.2, 0.25) is 0 Å². The molecule has 0 atom stereocenters. The molecule has 0 saturated heterocycles. The van der Waals surface area contributed by atoms with E-state index in [1.54, 1.807) is 6.61 Å². The summed E-state index contributed by atoms with van der Waals surface area (Å²) in [7, 11) is 0. The van der Waals surface area contributed by atoms with Gasteiger partial charge < -0.3 is 4.74 Å². The Morgan fingerprint density at radius 3 is 1.61 bits per heavy atom. The molecule has 0 aromatic rings. The highest BCUT2D eigenvalue weighted by atomic mass is 16.5. The van der Waals surface area contributed by atoms with Crippen LogP contribution in [0.2, 0.25) is 0 Å². The first-order valence-corrected chi connectivity index (χ1v) is 8.16. The van der Waals surface area contributed by atoms with E-state index in [0.717, 1.165) is 12.5 Å². The van der Waals surface area contributed by atoms with Gasteiger partial charge in [0.25, 0.3) is 0 Å². The van der Waals surface area contributed by atoms with Crippen molar-refractivity contribution in [2.75, 3.05) is 6.61 Å². The lowest BCUT2D eigenvalue weighted by molar-refractivity contribution is 0.197. The Morgan fingerprint density at radius 2 is 1.17 bits per heavy atom. The van der Waals surface area contributed by atoms with Gasteiger partial charge in [-0.2, -0.15) is 0 Å². The number of unbranched alkanes of at least 4 members (excludes halogenated alkanes) is 9. The predicted octanol–water partition coefficient (Wildman–Crippen LogP) is 6.13. The third-order valence-electron chi connectivity index (χ3n) is 3.46. The number of hydrogen-bond donors (Lipinski definition) is 0. The number of rotatable bonds is 14. The van der Waals surface area contributed by atoms with E-state index in [2.05, 4.69) is 13.8 Å². The van der Waals surface area contributed by atoms with Crippen molar-refractivity contribution in [3.8, 4) is 0 Å². The van der Waals surface area contributed by atoms with E-state index in [9.17, 15) is 0 Å². The van der Waals surface area contributed by atoms with Crippen LogP contribution in [0.15, 0.2) is 0 Å². The summed E-state index contributed by atoms with van der Waals surface area (Å²) in [6.45, 7) is 9.29. The molecule has 109 valence electrons. The van der Waals surface area contributed by atoms with Crippen molar-refractivity contribution in [3.05, 3.63) is 6.61 Å². The molecular formula is C17H35O. The Balaban J connectivity index is 2.90. The van der Waals surface area contributed by atoms with E-state index in [1.165, 1.54) is 70.6 Å². The third-order valence-corrected chi connectivity index (χ3v) is 3.46. The summed E-state index contributed by atoms with van der Waals surface area (Å²) in [5, 5.41) is 0. The second-order valence-electron chi connectivity index (χ2n) is 5.82. The molecule has 1 nitrogen and oxygen atoms in total. The zero-order valence-corrected chi connectivity index (χ0v) is 13.0. The summed E-state index contributed by atoms with van der Waals surface area (Å²) in [6.07, 6.45) is 15.4. The molecule has 0 saturated carbocycles. The smallest absolute Gasteiger partial charge is 0.0805 e. The third kappa shape index (κ3) is 16.0. The zero-order chi connectivity index (χ0) is 13.5. The first kappa shape index (κ1) is 18.0. The maximum absolute atomic E-state index is 5.21. The highest BCUT2D eigenvalue weighted by Gasteiger charge is 1.95. The minimum absolute atomic E-state index is 0.888. The Labute approximate surface area is 116 Å². The molecule has 0 unspecified atom stereocenters. The lowest BCUT2D eigenvalue weighted by atomic mass is 10.0. The van der Waals surface area contributed by atoms with Crippen molar-refractivity contribution in [2.45, 2.75) is 91.4 Å². The Hall–Kier alpha value is -0.0400. The van der Waals surface area contributed by atoms with Crippen LogP contribution in [0.4, 0.5) is 0 Å². The summed E-state index contributed by atoms with van der Waals surface area (Å²) in [5.74, 6) is 0.888. The fourth-order valence-corrected chi connectivity index (χ4v) is 2.27. The largest absolute Gasteiger partial charge is 0.376 e. The van der Waals surface area contributed by atoms with Crippen molar-refractivity contribution < 1.29 is 4.74 Å². The summed E-state index contributed by atoms with van der Waals surface area (Å²) >= 11 is 0. The van der Waals surface area contributed by atoms with Gasteiger partial charge >= 0.3 is 0 Å². The second-order valence-corrected chi connectivity index (χ2v) is 5.82. The maximum Gasteiger partial charge on any atom is 0.0805 e. The van der Waals surface area contributed by atoms with Crippen LogP contribution >= 0.6 is 0 Å². The molecule has 0 aliphatic carbocycles. The van der Waals surface area contributed by atoms with Gasteiger partial charge in [0.1, 0.15) is 0 Å². The van der Waals surface area contributed by atoms with Crippen LogP contribution in [-0.2, 0) is 4.74 Å². The highest BCUT2D eigenvalue weighted by molar-refractivity contribution is 4.50. The van der Waals surface area contributed by atoms with Crippen molar-refractivity contribution in [3.63, 3.8) is 0 Å². The van der Waals surface area contributed by atoms with Crippen LogP contribution in [0.1, 0.15) is 91.4 Å². The lowest BCUT2D eigenvalue weighted by Crippen LogP contribution is -1.90. The van der Waals surface area contributed by atoms with E-state index in [0.29, 0.717) is 0 Å². The van der Waals surface area contributed by atoms with E-state index in [-0.39, 0.29) is 0 Å². The topological polar surface area (TPSA) is 9.23 Å². The minimum atomic E-state index is 0.888. The van der Waals surface area contributed by atoms with Crippen LogP contribution in [0.25, 0.3) is 0 Å². The first-order chi connectivity index (χ1) is 8.77. The van der Waals surface area contributed by atoms with Crippen LogP contribution in [0, 0.1) is 12.5 Å². The molecular weight excluding hydrogens is 220 g/mol. The Kier molecular flexibility index (Phi) is 15.0. The predicted molar refractivity (Wildman–Crippen MR) is 81.6 cm³/mol. The fraction of sp³-hybridized carbons (Fsp3) is 0.941. The fourth-order valence-electron chi connectivity index (χ4n) is 2.27. The maximum atomic E-state index is 5.21. The van der Waals surface area contributed by atoms with Gasteiger partial charge in [-0.15, -0.1) is 0 Å². The van der Waals surface area contributed by atoms with Crippen LogP contribution < -0.4 is 0 Å². The standard InChI is InChI=1S/C17H35O/c1-4-18-16-14-12-10-8-6-5-7-9-11-13-15-17(2)3/h4,17H,5-16H2,1-3H3. The van der Waals surface area contributed by atoms with Gasteiger partial charge in [-0.1, -0.05) is 78.1 Å². The molecule has 0 amide bonds. The molecule has 1 radical (unpaired) electrons. The second kappa shape index (κ2) is 15.0. The van der Waals surface area contributed by atoms with Crippen LogP contribution in [0.5, 0.6) is 0 Å². The van der Waals surface area contributed by atoms with Gasteiger partial charge in [0.15, 0.2) is 0 Å². The van der Waals surface area contributed by atoms with Gasteiger partial charge in [0, 0.05) is 6.61 Å². The van der Waals surface area contributed by atoms with Crippen molar-refractivity contribution in [1.82, 2.24) is 0 Å². The Morgan fingerprint density at radius 1 is 0.722 bits per heavy atom. The SMILES string of the molecule is C[CH]OCCCCCCCCCCCCC(C)C. The molecule has 0 spiro atoms. The molecule has 0 rings (SSSR count). The average Bonchev–Trinajstić information content (AvgIpc) is 2.34. The lowest BCUT2D eigenvalue weighted by Gasteiger charge is -2.04. The van der Waals surface area contributed by atoms with Gasteiger partial charge in [0.05, 0.1) is 6.61 Å². The van der Waals surface area contributed by atoms with Crippen molar-refractivity contribution in [1.29, 1.82) is 0 Å².